The summed E-state index contributed by atoms with van der Waals surface area (Å²) in [5.74, 6) is -0.217. The molecule has 0 aromatic heterocycles. The molecule has 1 fully saturated rings. The average Bonchev–Trinajstić information content (AvgIpc) is 3.23. The monoisotopic (exact) mass is 278 g/mol. The molecule has 0 unspecified atom stereocenters. The molecule has 1 aromatic carbocycles. The number of benzene rings is 1. The number of carbonyl (C=O) groups is 1. The topological polar surface area (TPSA) is 41.1 Å². The van der Waals surface area contributed by atoms with E-state index in [1.165, 1.54) is 12.1 Å². The standard InChI is InChI=1S/C16H23FN2O/c1-2-3-4-11-18-15(20)19-12-16(9-10-16)13-5-7-14(17)8-6-13/h5-8H,2-4,9-12H2,1H3,(H2,18,19,20). The van der Waals surface area contributed by atoms with E-state index < -0.39 is 0 Å². The zero-order valence-corrected chi connectivity index (χ0v) is 12.0. The van der Waals surface area contributed by atoms with Gasteiger partial charge in [0, 0.05) is 18.5 Å². The highest BCUT2D eigenvalue weighted by Gasteiger charge is 2.44. The molecule has 1 aliphatic rings. The molecule has 0 bridgehead atoms. The summed E-state index contributed by atoms with van der Waals surface area (Å²) in [5, 5.41) is 5.80. The number of unbranched alkanes of at least 4 members (excludes halogenated alkanes) is 2. The van der Waals surface area contributed by atoms with E-state index in [2.05, 4.69) is 17.6 Å². The van der Waals surface area contributed by atoms with Crippen LogP contribution >= 0.6 is 0 Å². The Morgan fingerprint density at radius 2 is 1.90 bits per heavy atom. The van der Waals surface area contributed by atoms with E-state index in [4.69, 9.17) is 0 Å². The Kier molecular flexibility index (Phi) is 4.99. The molecule has 1 aromatic rings. The minimum Gasteiger partial charge on any atom is -0.338 e. The van der Waals surface area contributed by atoms with Gasteiger partial charge in [-0.3, -0.25) is 0 Å². The van der Waals surface area contributed by atoms with Gasteiger partial charge in [-0.1, -0.05) is 31.9 Å². The first-order valence-electron chi connectivity index (χ1n) is 7.44. The Labute approximate surface area is 120 Å². The van der Waals surface area contributed by atoms with Crippen molar-refractivity contribution >= 4 is 6.03 Å². The van der Waals surface area contributed by atoms with E-state index >= 15 is 0 Å². The van der Waals surface area contributed by atoms with E-state index in [0.717, 1.165) is 44.2 Å². The summed E-state index contributed by atoms with van der Waals surface area (Å²) in [6.07, 6.45) is 5.41. The van der Waals surface area contributed by atoms with Crippen LogP contribution < -0.4 is 10.6 Å². The molecule has 110 valence electrons. The third kappa shape index (κ3) is 3.95. The van der Waals surface area contributed by atoms with Gasteiger partial charge in [0.05, 0.1) is 0 Å². The van der Waals surface area contributed by atoms with Gasteiger partial charge < -0.3 is 10.6 Å². The Morgan fingerprint density at radius 3 is 2.50 bits per heavy atom. The summed E-state index contributed by atoms with van der Waals surface area (Å²) >= 11 is 0. The largest absolute Gasteiger partial charge is 0.338 e. The molecule has 2 N–H and O–H groups in total. The van der Waals surface area contributed by atoms with Crippen LogP contribution in [0.25, 0.3) is 0 Å². The first-order chi connectivity index (χ1) is 9.66. The Morgan fingerprint density at radius 1 is 1.20 bits per heavy atom. The number of nitrogens with one attached hydrogen (secondary N) is 2. The fraction of sp³-hybridized carbons (Fsp3) is 0.562. The Hall–Kier alpha value is -1.58. The second-order valence-corrected chi connectivity index (χ2v) is 5.60. The molecule has 0 heterocycles. The molecule has 20 heavy (non-hydrogen) atoms. The zero-order valence-electron chi connectivity index (χ0n) is 12.0. The average molecular weight is 278 g/mol. The number of urea groups is 1. The molecular formula is C16H23FN2O. The van der Waals surface area contributed by atoms with Gasteiger partial charge in [-0.25, -0.2) is 9.18 Å². The van der Waals surface area contributed by atoms with Crippen LogP contribution in [0, 0.1) is 5.82 Å². The van der Waals surface area contributed by atoms with Gasteiger partial charge in [-0.2, -0.15) is 0 Å². The van der Waals surface area contributed by atoms with Crippen molar-refractivity contribution in [2.75, 3.05) is 13.1 Å². The van der Waals surface area contributed by atoms with Crippen LogP contribution in [0.1, 0.15) is 44.6 Å². The fourth-order valence-corrected chi connectivity index (χ4v) is 2.41. The van der Waals surface area contributed by atoms with Crippen molar-refractivity contribution in [3.63, 3.8) is 0 Å². The smallest absolute Gasteiger partial charge is 0.314 e. The maximum absolute atomic E-state index is 12.9. The van der Waals surface area contributed by atoms with Crippen LogP contribution in [-0.4, -0.2) is 19.1 Å². The molecule has 0 atom stereocenters. The zero-order chi connectivity index (χ0) is 14.4. The predicted molar refractivity (Wildman–Crippen MR) is 78.2 cm³/mol. The molecule has 0 saturated heterocycles. The lowest BCUT2D eigenvalue weighted by Crippen LogP contribution is -2.40. The van der Waals surface area contributed by atoms with Crippen molar-refractivity contribution in [3.8, 4) is 0 Å². The maximum Gasteiger partial charge on any atom is 0.314 e. The van der Waals surface area contributed by atoms with Gasteiger partial charge in [0.15, 0.2) is 0 Å². The lowest BCUT2D eigenvalue weighted by molar-refractivity contribution is 0.239. The molecule has 2 rings (SSSR count). The minimum atomic E-state index is -0.217. The molecule has 0 radical (unpaired) electrons. The number of amides is 2. The molecule has 2 amide bonds. The van der Waals surface area contributed by atoms with E-state index in [1.54, 1.807) is 0 Å². The molecule has 0 aliphatic heterocycles. The fourth-order valence-electron chi connectivity index (χ4n) is 2.41. The highest BCUT2D eigenvalue weighted by atomic mass is 19.1. The van der Waals surface area contributed by atoms with Crippen LogP contribution in [0.3, 0.4) is 0 Å². The lowest BCUT2D eigenvalue weighted by atomic mass is 9.96. The molecule has 1 saturated carbocycles. The van der Waals surface area contributed by atoms with Gasteiger partial charge in [0.1, 0.15) is 5.82 Å². The van der Waals surface area contributed by atoms with Gasteiger partial charge >= 0.3 is 6.03 Å². The van der Waals surface area contributed by atoms with Crippen molar-refractivity contribution in [1.82, 2.24) is 10.6 Å². The second kappa shape index (κ2) is 6.73. The SMILES string of the molecule is CCCCCNC(=O)NCC1(c2ccc(F)cc2)CC1. The van der Waals surface area contributed by atoms with Gasteiger partial charge in [-0.05, 0) is 37.0 Å². The van der Waals surface area contributed by atoms with Crippen molar-refractivity contribution in [3.05, 3.63) is 35.6 Å². The van der Waals surface area contributed by atoms with E-state index in [1.807, 2.05) is 12.1 Å². The number of rotatable bonds is 7. The van der Waals surface area contributed by atoms with Crippen LogP contribution in [0.15, 0.2) is 24.3 Å². The van der Waals surface area contributed by atoms with E-state index in [-0.39, 0.29) is 17.3 Å². The van der Waals surface area contributed by atoms with Gasteiger partial charge in [-0.15, -0.1) is 0 Å². The third-order valence-corrected chi connectivity index (χ3v) is 3.96. The quantitative estimate of drug-likeness (QED) is 0.738. The first-order valence-corrected chi connectivity index (χ1v) is 7.44. The Balaban J connectivity index is 1.76. The first kappa shape index (κ1) is 14.8. The van der Waals surface area contributed by atoms with Crippen LogP contribution in [-0.2, 0) is 5.41 Å². The third-order valence-electron chi connectivity index (χ3n) is 3.96. The van der Waals surface area contributed by atoms with E-state index in [9.17, 15) is 9.18 Å². The summed E-state index contributed by atoms with van der Waals surface area (Å²) < 4.78 is 12.9. The normalized spacial score (nSPS) is 15.7. The van der Waals surface area contributed by atoms with Crippen LogP contribution in [0.4, 0.5) is 9.18 Å². The second-order valence-electron chi connectivity index (χ2n) is 5.60. The van der Waals surface area contributed by atoms with E-state index in [0.29, 0.717) is 6.54 Å². The molecule has 3 nitrogen and oxygen atoms in total. The summed E-state index contributed by atoms with van der Waals surface area (Å²) in [6, 6.07) is 6.52. The molecular weight excluding hydrogens is 255 g/mol. The summed E-state index contributed by atoms with van der Waals surface area (Å²) in [6.45, 7) is 3.49. The van der Waals surface area contributed by atoms with Crippen molar-refractivity contribution in [1.29, 1.82) is 0 Å². The van der Waals surface area contributed by atoms with Crippen molar-refractivity contribution in [2.24, 2.45) is 0 Å². The predicted octanol–water partition coefficient (Wildman–Crippen LogP) is 3.35. The van der Waals surface area contributed by atoms with Crippen molar-refractivity contribution in [2.45, 2.75) is 44.4 Å². The van der Waals surface area contributed by atoms with Gasteiger partial charge in [0.25, 0.3) is 0 Å². The van der Waals surface area contributed by atoms with Crippen LogP contribution in [0.2, 0.25) is 0 Å². The summed E-state index contributed by atoms with van der Waals surface area (Å²) in [4.78, 5) is 11.7. The summed E-state index contributed by atoms with van der Waals surface area (Å²) in [7, 11) is 0. The number of hydrogen-bond acceptors (Lipinski definition) is 1. The van der Waals surface area contributed by atoms with Crippen molar-refractivity contribution < 1.29 is 9.18 Å². The minimum absolute atomic E-state index is 0.0223. The molecule has 1 aliphatic carbocycles. The number of hydrogen-bond donors (Lipinski definition) is 2. The number of halogens is 1. The lowest BCUT2D eigenvalue weighted by Gasteiger charge is -2.17. The highest BCUT2D eigenvalue weighted by molar-refractivity contribution is 5.74. The molecule has 4 heteroatoms. The van der Waals surface area contributed by atoms with Gasteiger partial charge in [0.2, 0.25) is 0 Å². The molecule has 0 spiro atoms. The summed E-state index contributed by atoms with van der Waals surface area (Å²) in [5.41, 5.74) is 1.14. The Bertz CT molecular complexity index is 440. The maximum atomic E-state index is 12.9. The number of carbonyl (C=O) groups excluding carboxylic acids is 1. The van der Waals surface area contributed by atoms with Crippen LogP contribution in [0.5, 0.6) is 0 Å². The highest BCUT2D eigenvalue weighted by Crippen LogP contribution is 2.47.